The summed E-state index contributed by atoms with van der Waals surface area (Å²) in [4.78, 5) is 26.7. The number of sulfonamides is 1. The first kappa shape index (κ1) is 21.5. The Morgan fingerprint density at radius 2 is 1.87 bits per heavy atom. The number of carbonyl (C=O) groups excluding carboxylic acids is 2. The molecule has 2 aliphatic heterocycles. The second kappa shape index (κ2) is 8.80. The van der Waals surface area contributed by atoms with E-state index in [9.17, 15) is 18.0 Å². The fraction of sp³-hybridized carbons (Fsp3) is 0.391. The number of nitrogens with one attached hydrogen (secondary N) is 1. The van der Waals surface area contributed by atoms with Gasteiger partial charge in [-0.2, -0.15) is 4.31 Å². The number of aryl methyl sites for hydroxylation is 1. The van der Waals surface area contributed by atoms with Crippen LogP contribution in [0.3, 0.4) is 0 Å². The van der Waals surface area contributed by atoms with Gasteiger partial charge in [0, 0.05) is 30.4 Å². The Hall–Kier alpha value is -2.71. The molecule has 1 fully saturated rings. The smallest absolute Gasteiger partial charge is 0.244 e. The fourth-order valence-corrected chi connectivity index (χ4v) is 6.05. The van der Waals surface area contributed by atoms with Gasteiger partial charge < -0.3 is 10.2 Å². The molecule has 31 heavy (non-hydrogen) atoms. The third-order valence-corrected chi connectivity index (χ3v) is 7.97. The molecule has 2 aromatic carbocycles. The van der Waals surface area contributed by atoms with Gasteiger partial charge in [0.1, 0.15) is 6.54 Å². The summed E-state index contributed by atoms with van der Waals surface area (Å²) in [5.74, 6) is -0.442. The number of piperidine rings is 1. The maximum atomic E-state index is 13.2. The summed E-state index contributed by atoms with van der Waals surface area (Å²) in [7, 11) is -3.59. The molecule has 2 amide bonds. The number of anilines is 2. The summed E-state index contributed by atoms with van der Waals surface area (Å²) in [5, 5.41) is 2.79. The average molecular weight is 442 g/mol. The minimum absolute atomic E-state index is 0.0189. The zero-order valence-corrected chi connectivity index (χ0v) is 18.4. The van der Waals surface area contributed by atoms with Crippen LogP contribution in [0.25, 0.3) is 0 Å². The molecule has 2 aromatic rings. The van der Waals surface area contributed by atoms with E-state index in [0.717, 1.165) is 24.8 Å². The standard InChI is InChI=1S/C23H27N3O4S/c1-17-7-5-6-14-26(17)31(29,30)20-11-12-21-18(15-20)10-13-23(28)25(21)16-22(27)24-19-8-3-2-4-9-19/h2-4,8-9,11-12,15,17H,5-7,10,13-14,16H2,1H3,(H,24,27)/t17-/m0/s1. The van der Waals surface area contributed by atoms with Gasteiger partial charge in [0.05, 0.1) is 4.90 Å². The van der Waals surface area contributed by atoms with Crippen LogP contribution in [-0.4, -0.2) is 43.7 Å². The van der Waals surface area contributed by atoms with Crippen LogP contribution in [0.2, 0.25) is 0 Å². The molecule has 0 bridgehead atoms. The van der Waals surface area contributed by atoms with Crippen LogP contribution in [-0.2, 0) is 26.0 Å². The van der Waals surface area contributed by atoms with Gasteiger partial charge in [0.15, 0.2) is 0 Å². The molecule has 1 N–H and O–H groups in total. The Morgan fingerprint density at radius 1 is 1.10 bits per heavy atom. The lowest BCUT2D eigenvalue weighted by Gasteiger charge is -2.33. The molecule has 8 heteroatoms. The highest BCUT2D eigenvalue weighted by atomic mass is 32.2. The van der Waals surface area contributed by atoms with E-state index in [1.165, 1.54) is 4.90 Å². The third kappa shape index (κ3) is 4.50. The van der Waals surface area contributed by atoms with Crippen molar-refractivity contribution in [2.45, 2.75) is 50.0 Å². The van der Waals surface area contributed by atoms with Crippen LogP contribution >= 0.6 is 0 Å². The molecule has 4 rings (SSSR count). The number of carbonyl (C=O) groups is 2. The zero-order chi connectivity index (χ0) is 22.0. The molecule has 0 aromatic heterocycles. The van der Waals surface area contributed by atoms with Crippen molar-refractivity contribution < 1.29 is 18.0 Å². The summed E-state index contributed by atoms with van der Waals surface area (Å²) >= 11 is 0. The summed E-state index contributed by atoms with van der Waals surface area (Å²) in [6.45, 7) is 2.36. The van der Waals surface area contributed by atoms with Gasteiger partial charge in [-0.05, 0) is 62.1 Å². The molecular weight excluding hydrogens is 414 g/mol. The summed E-state index contributed by atoms with van der Waals surface area (Å²) in [5.41, 5.74) is 2.04. The molecule has 0 spiro atoms. The molecule has 0 aliphatic carbocycles. The van der Waals surface area contributed by atoms with Gasteiger partial charge >= 0.3 is 0 Å². The van der Waals surface area contributed by atoms with Crippen molar-refractivity contribution >= 4 is 33.2 Å². The van der Waals surface area contributed by atoms with E-state index in [0.29, 0.717) is 24.3 Å². The van der Waals surface area contributed by atoms with Gasteiger partial charge in [-0.25, -0.2) is 8.42 Å². The lowest BCUT2D eigenvalue weighted by molar-refractivity contribution is -0.121. The van der Waals surface area contributed by atoms with E-state index in [1.807, 2.05) is 25.1 Å². The van der Waals surface area contributed by atoms with Crippen molar-refractivity contribution in [3.05, 3.63) is 54.1 Å². The summed E-state index contributed by atoms with van der Waals surface area (Å²) < 4.78 is 28.0. The summed E-state index contributed by atoms with van der Waals surface area (Å²) in [6, 6.07) is 13.9. The van der Waals surface area contributed by atoms with Crippen molar-refractivity contribution in [2.75, 3.05) is 23.3 Å². The highest BCUT2D eigenvalue weighted by Gasteiger charge is 2.33. The van der Waals surface area contributed by atoms with Crippen molar-refractivity contribution in [3.8, 4) is 0 Å². The third-order valence-electron chi connectivity index (χ3n) is 5.96. The first-order chi connectivity index (χ1) is 14.9. The maximum absolute atomic E-state index is 13.2. The second-order valence-electron chi connectivity index (χ2n) is 8.15. The lowest BCUT2D eigenvalue weighted by Crippen LogP contribution is -2.42. The van der Waals surface area contributed by atoms with Gasteiger partial charge in [-0.3, -0.25) is 9.59 Å². The van der Waals surface area contributed by atoms with Gasteiger partial charge in [-0.15, -0.1) is 0 Å². The van der Waals surface area contributed by atoms with Gasteiger partial charge in [0.2, 0.25) is 21.8 Å². The number of amides is 2. The van der Waals surface area contributed by atoms with E-state index >= 15 is 0 Å². The number of hydrogen-bond donors (Lipinski definition) is 1. The van der Waals surface area contributed by atoms with Crippen LogP contribution in [0, 0.1) is 0 Å². The number of rotatable bonds is 5. The number of fused-ring (bicyclic) bond motifs is 1. The van der Waals surface area contributed by atoms with E-state index < -0.39 is 10.0 Å². The van der Waals surface area contributed by atoms with Crippen LogP contribution in [0.15, 0.2) is 53.4 Å². The van der Waals surface area contributed by atoms with E-state index in [-0.39, 0.29) is 35.7 Å². The van der Waals surface area contributed by atoms with Crippen LogP contribution < -0.4 is 10.2 Å². The Balaban J connectivity index is 1.56. The first-order valence-corrected chi connectivity index (χ1v) is 12.1. The van der Waals surface area contributed by atoms with Crippen molar-refractivity contribution in [1.82, 2.24) is 4.31 Å². The number of benzene rings is 2. The maximum Gasteiger partial charge on any atom is 0.244 e. The summed E-state index contributed by atoms with van der Waals surface area (Å²) in [6.07, 6.45) is 3.48. The number of hydrogen-bond acceptors (Lipinski definition) is 4. The number of nitrogens with zero attached hydrogens (tertiary/aromatic N) is 2. The Labute approximate surface area is 183 Å². The van der Waals surface area contributed by atoms with Crippen LogP contribution in [0.1, 0.15) is 38.2 Å². The fourth-order valence-electron chi connectivity index (χ4n) is 4.30. The van der Waals surface area contributed by atoms with E-state index in [1.54, 1.807) is 34.6 Å². The molecule has 1 saturated heterocycles. The molecule has 1 atom stereocenters. The molecule has 7 nitrogen and oxygen atoms in total. The van der Waals surface area contributed by atoms with Gasteiger partial charge in [0.25, 0.3) is 0 Å². The average Bonchev–Trinajstić information content (AvgIpc) is 2.76. The normalized spacial score (nSPS) is 19.7. The highest BCUT2D eigenvalue weighted by molar-refractivity contribution is 7.89. The van der Waals surface area contributed by atoms with Crippen LogP contribution in [0.5, 0.6) is 0 Å². The Bertz CT molecular complexity index is 1090. The Kier molecular flexibility index (Phi) is 6.11. The van der Waals surface area contributed by atoms with Crippen molar-refractivity contribution in [3.63, 3.8) is 0 Å². The van der Waals surface area contributed by atoms with Gasteiger partial charge in [-0.1, -0.05) is 24.6 Å². The van der Waals surface area contributed by atoms with E-state index in [2.05, 4.69) is 5.32 Å². The van der Waals surface area contributed by atoms with E-state index in [4.69, 9.17) is 0 Å². The minimum atomic E-state index is -3.59. The van der Waals surface area contributed by atoms with Crippen molar-refractivity contribution in [2.24, 2.45) is 0 Å². The lowest BCUT2D eigenvalue weighted by atomic mass is 10.0. The second-order valence-corrected chi connectivity index (χ2v) is 10.0. The number of para-hydroxylation sites is 1. The topological polar surface area (TPSA) is 86.8 Å². The Morgan fingerprint density at radius 3 is 2.61 bits per heavy atom. The minimum Gasteiger partial charge on any atom is -0.325 e. The SMILES string of the molecule is C[C@H]1CCCCN1S(=O)(=O)c1ccc2c(c1)CCC(=O)N2CC(=O)Nc1ccccc1. The predicted molar refractivity (Wildman–Crippen MR) is 119 cm³/mol. The molecule has 0 unspecified atom stereocenters. The molecule has 0 saturated carbocycles. The van der Waals surface area contributed by atoms with Crippen LogP contribution in [0.4, 0.5) is 11.4 Å². The monoisotopic (exact) mass is 441 g/mol. The molecule has 2 aliphatic rings. The molecular formula is C23H27N3O4S. The molecule has 2 heterocycles. The predicted octanol–water partition coefficient (Wildman–Crippen LogP) is 3.17. The molecule has 0 radical (unpaired) electrons. The zero-order valence-electron chi connectivity index (χ0n) is 17.6. The highest BCUT2D eigenvalue weighted by Crippen LogP contribution is 2.32. The van der Waals surface area contributed by atoms with Crippen molar-refractivity contribution in [1.29, 1.82) is 0 Å². The quantitative estimate of drug-likeness (QED) is 0.772. The molecule has 164 valence electrons. The first-order valence-electron chi connectivity index (χ1n) is 10.7. The largest absolute Gasteiger partial charge is 0.325 e.